The number of phenolic OH excluding ortho intramolecular Hbond substituents is 2. The summed E-state index contributed by atoms with van der Waals surface area (Å²) in [5.74, 6) is -1.34. The number of amides is 1. The Balaban J connectivity index is 2.04. The van der Waals surface area contributed by atoms with Gasteiger partial charge in [-0.2, -0.15) is 5.10 Å². The largest absolute Gasteiger partial charge is 0.508 e. The van der Waals surface area contributed by atoms with Crippen LogP contribution in [0.5, 0.6) is 11.5 Å². The van der Waals surface area contributed by atoms with Gasteiger partial charge in [-0.05, 0) is 30.3 Å². The van der Waals surface area contributed by atoms with E-state index in [9.17, 15) is 14.3 Å². The van der Waals surface area contributed by atoms with Crippen LogP contribution in [0.2, 0.25) is 0 Å². The van der Waals surface area contributed by atoms with Crippen LogP contribution in [0.1, 0.15) is 15.9 Å². The second-order valence-corrected chi connectivity index (χ2v) is 3.95. The lowest BCUT2D eigenvalue weighted by Gasteiger charge is -2.01. The Labute approximate surface area is 114 Å². The topological polar surface area (TPSA) is 81.9 Å². The molecule has 2 aromatic rings. The first-order valence-electron chi connectivity index (χ1n) is 5.67. The zero-order valence-electron chi connectivity index (χ0n) is 10.2. The molecule has 0 atom stereocenters. The van der Waals surface area contributed by atoms with Crippen LogP contribution in [0, 0.1) is 5.82 Å². The summed E-state index contributed by atoms with van der Waals surface area (Å²) in [5.41, 5.74) is 2.66. The Morgan fingerprint density at radius 2 is 2.00 bits per heavy atom. The van der Waals surface area contributed by atoms with E-state index in [1.807, 2.05) is 0 Å². The number of benzene rings is 2. The molecular weight excluding hydrogens is 263 g/mol. The van der Waals surface area contributed by atoms with E-state index in [1.54, 1.807) is 0 Å². The third-order valence-electron chi connectivity index (χ3n) is 2.47. The number of aromatic hydroxyl groups is 2. The van der Waals surface area contributed by atoms with Crippen molar-refractivity contribution in [3.63, 3.8) is 0 Å². The lowest BCUT2D eigenvalue weighted by molar-refractivity contribution is 0.0954. The van der Waals surface area contributed by atoms with Crippen molar-refractivity contribution in [3.8, 4) is 11.5 Å². The molecule has 2 rings (SSSR count). The number of phenols is 2. The first kappa shape index (κ1) is 13.5. The Kier molecular flexibility index (Phi) is 3.95. The van der Waals surface area contributed by atoms with Crippen LogP contribution in [-0.4, -0.2) is 22.3 Å². The standard InChI is InChI=1S/C14H11FN2O3/c15-11-3-1-2-9(6-11)14(20)17-16-8-10-4-5-12(18)7-13(10)19/h1-8,18-19H,(H,17,20)/b16-8-. The van der Waals surface area contributed by atoms with Crippen LogP contribution in [0.25, 0.3) is 0 Å². The Hall–Kier alpha value is -2.89. The fourth-order valence-corrected chi connectivity index (χ4v) is 1.50. The van der Waals surface area contributed by atoms with Gasteiger partial charge in [-0.15, -0.1) is 0 Å². The highest BCUT2D eigenvalue weighted by molar-refractivity contribution is 5.95. The van der Waals surface area contributed by atoms with Gasteiger partial charge in [0.25, 0.3) is 5.91 Å². The van der Waals surface area contributed by atoms with Crippen molar-refractivity contribution in [2.45, 2.75) is 0 Å². The molecule has 0 fully saturated rings. The van der Waals surface area contributed by atoms with Gasteiger partial charge in [0.1, 0.15) is 17.3 Å². The number of carbonyl (C=O) groups is 1. The maximum Gasteiger partial charge on any atom is 0.271 e. The van der Waals surface area contributed by atoms with Gasteiger partial charge in [0, 0.05) is 17.2 Å². The first-order chi connectivity index (χ1) is 9.56. The fraction of sp³-hybridized carbons (Fsp3) is 0. The van der Waals surface area contributed by atoms with Gasteiger partial charge in [0.15, 0.2) is 0 Å². The van der Waals surface area contributed by atoms with E-state index >= 15 is 0 Å². The summed E-state index contributed by atoms with van der Waals surface area (Å²) >= 11 is 0. The highest BCUT2D eigenvalue weighted by Gasteiger charge is 2.05. The molecule has 5 nitrogen and oxygen atoms in total. The summed E-state index contributed by atoms with van der Waals surface area (Å²) in [6, 6.07) is 9.14. The molecule has 0 aromatic heterocycles. The molecule has 0 bridgehead atoms. The molecule has 102 valence electrons. The zero-order valence-corrected chi connectivity index (χ0v) is 10.2. The number of hydrazone groups is 1. The maximum atomic E-state index is 12.9. The van der Waals surface area contributed by atoms with E-state index < -0.39 is 11.7 Å². The molecule has 6 heteroatoms. The minimum absolute atomic E-state index is 0.0801. The monoisotopic (exact) mass is 274 g/mol. The zero-order chi connectivity index (χ0) is 14.5. The van der Waals surface area contributed by atoms with Crippen LogP contribution in [0.3, 0.4) is 0 Å². The fourth-order valence-electron chi connectivity index (χ4n) is 1.50. The van der Waals surface area contributed by atoms with Crippen LogP contribution in [0.15, 0.2) is 47.6 Å². The number of hydrogen-bond acceptors (Lipinski definition) is 4. The molecule has 20 heavy (non-hydrogen) atoms. The molecular formula is C14H11FN2O3. The van der Waals surface area contributed by atoms with Gasteiger partial charge in [0.2, 0.25) is 0 Å². The molecule has 1 amide bonds. The maximum absolute atomic E-state index is 12.9. The van der Waals surface area contributed by atoms with E-state index in [1.165, 1.54) is 36.5 Å². The molecule has 0 radical (unpaired) electrons. The average Bonchev–Trinajstić information content (AvgIpc) is 2.41. The number of carbonyl (C=O) groups excluding carboxylic acids is 1. The number of halogens is 1. The summed E-state index contributed by atoms with van der Waals surface area (Å²) in [6.45, 7) is 0. The second kappa shape index (κ2) is 5.83. The van der Waals surface area contributed by atoms with Crippen molar-refractivity contribution in [1.82, 2.24) is 5.43 Å². The SMILES string of the molecule is O=C(N/N=C\c1ccc(O)cc1O)c1cccc(F)c1. The second-order valence-electron chi connectivity index (χ2n) is 3.95. The van der Waals surface area contributed by atoms with Gasteiger partial charge in [0.05, 0.1) is 6.21 Å². The molecule has 0 saturated heterocycles. The minimum Gasteiger partial charge on any atom is -0.508 e. The third-order valence-corrected chi connectivity index (χ3v) is 2.47. The summed E-state index contributed by atoms with van der Waals surface area (Å²) in [4.78, 5) is 11.6. The van der Waals surface area contributed by atoms with Gasteiger partial charge in [-0.1, -0.05) is 6.07 Å². The quantitative estimate of drug-likeness (QED) is 0.591. The van der Waals surface area contributed by atoms with Gasteiger partial charge in [-0.25, -0.2) is 9.82 Å². The highest BCUT2D eigenvalue weighted by atomic mass is 19.1. The van der Waals surface area contributed by atoms with E-state index in [0.717, 1.165) is 12.1 Å². The molecule has 3 N–H and O–H groups in total. The summed E-state index contributed by atoms with van der Waals surface area (Å²) < 4.78 is 12.9. The molecule has 0 aliphatic rings. The Morgan fingerprint density at radius 1 is 1.20 bits per heavy atom. The van der Waals surface area contributed by atoms with Crippen molar-refractivity contribution in [2.24, 2.45) is 5.10 Å². The molecule has 0 aliphatic carbocycles. The van der Waals surface area contributed by atoms with Gasteiger partial charge < -0.3 is 10.2 Å². The van der Waals surface area contributed by atoms with Gasteiger partial charge in [-0.3, -0.25) is 4.79 Å². The average molecular weight is 274 g/mol. The number of nitrogens with one attached hydrogen (secondary N) is 1. The van der Waals surface area contributed by atoms with Crippen molar-refractivity contribution in [3.05, 3.63) is 59.4 Å². The molecule has 2 aromatic carbocycles. The van der Waals surface area contributed by atoms with E-state index in [0.29, 0.717) is 5.56 Å². The van der Waals surface area contributed by atoms with Crippen LogP contribution in [-0.2, 0) is 0 Å². The third kappa shape index (κ3) is 3.32. The number of hydrogen-bond donors (Lipinski definition) is 3. The van der Waals surface area contributed by atoms with Crippen LogP contribution < -0.4 is 5.43 Å². The van der Waals surface area contributed by atoms with Crippen molar-refractivity contribution < 1.29 is 19.4 Å². The van der Waals surface area contributed by atoms with Crippen molar-refractivity contribution >= 4 is 12.1 Å². The molecule has 0 unspecified atom stereocenters. The minimum atomic E-state index is -0.570. The normalized spacial score (nSPS) is 10.7. The molecule has 0 spiro atoms. The lowest BCUT2D eigenvalue weighted by Crippen LogP contribution is -2.17. The van der Waals surface area contributed by atoms with E-state index in [2.05, 4.69) is 10.5 Å². The lowest BCUT2D eigenvalue weighted by atomic mass is 10.2. The van der Waals surface area contributed by atoms with E-state index in [-0.39, 0.29) is 17.1 Å². The number of nitrogens with zero attached hydrogens (tertiary/aromatic N) is 1. The summed E-state index contributed by atoms with van der Waals surface area (Å²) in [6.07, 6.45) is 1.21. The summed E-state index contributed by atoms with van der Waals surface area (Å²) in [5, 5.41) is 22.3. The van der Waals surface area contributed by atoms with Gasteiger partial charge >= 0.3 is 0 Å². The van der Waals surface area contributed by atoms with Crippen molar-refractivity contribution in [2.75, 3.05) is 0 Å². The Morgan fingerprint density at radius 3 is 2.70 bits per heavy atom. The smallest absolute Gasteiger partial charge is 0.271 e. The van der Waals surface area contributed by atoms with Crippen LogP contribution >= 0.6 is 0 Å². The molecule has 0 heterocycles. The predicted molar refractivity (Wildman–Crippen MR) is 71.2 cm³/mol. The van der Waals surface area contributed by atoms with E-state index in [4.69, 9.17) is 5.11 Å². The van der Waals surface area contributed by atoms with Crippen molar-refractivity contribution in [1.29, 1.82) is 0 Å². The predicted octanol–water partition coefficient (Wildman–Crippen LogP) is 2.00. The summed E-state index contributed by atoms with van der Waals surface area (Å²) in [7, 11) is 0. The number of rotatable bonds is 3. The highest BCUT2D eigenvalue weighted by Crippen LogP contribution is 2.20. The first-order valence-corrected chi connectivity index (χ1v) is 5.67. The molecule has 0 aliphatic heterocycles. The molecule has 0 saturated carbocycles. The Bertz CT molecular complexity index is 671. The van der Waals surface area contributed by atoms with Crippen LogP contribution in [0.4, 0.5) is 4.39 Å².